The summed E-state index contributed by atoms with van der Waals surface area (Å²) in [7, 11) is 2.89. The van der Waals surface area contributed by atoms with E-state index in [0.29, 0.717) is 9.45 Å². The maximum Gasteiger partial charge on any atom is 0.263 e. The Bertz CT molecular complexity index is 420. The summed E-state index contributed by atoms with van der Waals surface area (Å²) in [6, 6.07) is 1.50. The number of methoxy groups -OCH3 is 1. The molecule has 4 nitrogen and oxygen atoms in total. The predicted molar refractivity (Wildman–Crippen MR) is 56.5 cm³/mol. The van der Waals surface area contributed by atoms with E-state index in [1.54, 1.807) is 0 Å². The Labute approximate surface area is 93.8 Å². The van der Waals surface area contributed by atoms with Gasteiger partial charge in [0.1, 0.15) is 4.90 Å². The van der Waals surface area contributed by atoms with Crippen molar-refractivity contribution in [3.05, 3.63) is 15.8 Å². The van der Waals surface area contributed by atoms with Crippen LogP contribution in [0.5, 0.6) is 5.88 Å². The Hall–Kier alpha value is -0.0800. The van der Waals surface area contributed by atoms with Crippen LogP contribution < -0.4 is 4.74 Å². The molecule has 0 N–H and O–H groups in total. The minimum Gasteiger partial charge on any atom is -0.481 e. The van der Waals surface area contributed by atoms with Gasteiger partial charge in [-0.15, -0.1) is 0 Å². The van der Waals surface area contributed by atoms with E-state index in [-0.39, 0.29) is 4.90 Å². The van der Waals surface area contributed by atoms with Gasteiger partial charge in [0.05, 0.1) is 13.3 Å². The average molecular weight is 334 g/mol. The zero-order chi connectivity index (χ0) is 10.1. The van der Waals surface area contributed by atoms with Crippen molar-refractivity contribution in [2.24, 2.45) is 0 Å². The topological polar surface area (TPSA) is 56.3 Å². The van der Waals surface area contributed by atoms with Crippen LogP contribution in [0, 0.1) is 3.57 Å². The lowest BCUT2D eigenvalue weighted by molar-refractivity contribution is 0.396. The van der Waals surface area contributed by atoms with E-state index >= 15 is 0 Å². The summed E-state index contributed by atoms with van der Waals surface area (Å²) >= 11 is 1.85. The molecule has 0 amide bonds. The number of hydrogen-bond acceptors (Lipinski definition) is 4. The Morgan fingerprint density at radius 1 is 1.62 bits per heavy atom. The highest BCUT2D eigenvalue weighted by atomic mass is 127. The van der Waals surface area contributed by atoms with Crippen LogP contribution >= 0.6 is 33.3 Å². The molecule has 0 aromatic carbocycles. The number of aromatic nitrogens is 1. The van der Waals surface area contributed by atoms with E-state index in [4.69, 9.17) is 15.4 Å². The molecule has 0 saturated carbocycles. The van der Waals surface area contributed by atoms with Gasteiger partial charge in [0.2, 0.25) is 5.88 Å². The highest BCUT2D eigenvalue weighted by Crippen LogP contribution is 2.23. The lowest BCUT2D eigenvalue weighted by atomic mass is 10.5. The van der Waals surface area contributed by atoms with Gasteiger partial charge in [0.15, 0.2) is 0 Å². The largest absolute Gasteiger partial charge is 0.481 e. The fourth-order valence-corrected chi connectivity index (χ4v) is 3.20. The van der Waals surface area contributed by atoms with Crippen LogP contribution in [-0.4, -0.2) is 20.5 Å². The molecule has 7 heteroatoms. The molecule has 0 aliphatic rings. The molecule has 0 radical (unpaired) electrons. The van der Waals surface area contributed by atoms with Crippen molar-refractivity contribution in [3.63, 3.8) is 0 Å². The van der Waals surface area contributed by atoms with Gasteiger partial charge in [-0.05, 0) is 22.6 Å². The number of hydrogen-bond donors (Lipinski definition) is 0. The summed E-state index contributed by atoms with van der Waals surface area (Å²) in [4.78, 5) is 3.73. The fourth-order valence-electron chi connectivity index (χ4n) is 0.692. The molecule has 0 saturated heterocycles. The van der Waals surface area contributed by atoms with Gasteiger partial charge in [-0.2, -0.15) is 0 Å². The smallest absolute Gasteiger partial charge is 0.263 e. The van der Waals surface area contributed by atoms with Crippen LogP contribution in [-0.2, 0) is 9.05 Å². The van der Waals surface area contributed by atoms with E-state index in [2.05, 4.69) is 4.98 Å². The first-order valence-electron chi connectivity index (χ1n) is 3.09. The maximum absolute atomic E-state index is 10.9. The van der Waals surface area contributed by atoms with E-state index in [1.165, 1.54) is 19.4 Å². The summed E-state index contributed by atoms with van der Waals surface area (Å²) in [5, 5.41) is 0. The minimum absolute atomic E-state index is 0.00410. The molecule has 1 aromatic heterocycles. The van der Waals surface area contributed by atoms with Gasteiger partial charge >= 0.3 is 0 Å². The Morgan fingerprint density at radius 2 is 2.23 bits per heavy atom. The van der Waals surface area contributed by atoms with Crippen molar-refractivity contribution >= 4 is 42.3 Å². The molecule has 0 unspecified atom stereocenters. The second-order valence-corrected chi connectivity index (χ2v) is 5.79. The zero-order valence-corrected chi connectivity index (χ0v) is 10.2. The normalized spacial score (nSPS) is 11.3. The summed E-state index contributed by atoms with van der Waals surface area (Å²) in [6.45, 7) is 0. The molecule has 0 spiro atoms. The standard InChI is InChI=1S/C6H5ClINO3S/c1-12-6-2-4(8)5(3-9-6)13(7,10)11/h2-3H,1H3. The molecular weight excluding hydrogens is 328 g/mol. The van der Waals surface area contributed by atoms with Gasteiger partial charge in [-0.3, -0.25) is 0 Å². The number of rotatable bonds is 2. The van der Waals surface area contributed by atoms with Crippen molar-refractivity contribution in [2.45, 2.75) is 4.90 Å². The molecule has 13 heavy (non-hydrogen) atoms. The molecule has 0 fully saturated rings. The minimum atomic E-state index is -3.71. The molecule has 72 valence electrons. The summed E-state index contributed by atoms with van der Waals surface area (Å²) in [6.07, 6.45) is 1.17. The molecule has 0 aliphatic heterocycles. The van der Waals surface area contributed by atoms with Crippen molar-refractivity contribution in [2.75, 3.05) is 7.11 Å². The molecule has 0 bridgehead atoms. The molecule has 1 rings (SSSR count). The molecule has 1 heterocycles. The van der Waals surface area contributed by atoms with E-state index in [1.807, 2.05) is 22.6 Å². The molecule has 0 atom stereocenters. The third-order valence-electron chi connectivity index (χ3n) is 1.27. The van der Waals surface area contributed by atoms with Gasteiger partial charge in [-0.1, -0.05) is 0 Å². The van der Waals surface area contributed by atoms with Crippen molar-refractivity contribution in [1.82, 2.24) is 4.98 Å². The lowest BCUT2D eigenvalue weighted by Gasteiger charge is -2.01. The number of pyridine rings is 1. The van der Waals surface area contributed by atoms with Crippen molar-refractivity contribution in [1.29, 1.82) is 0 Å². The van der Waals surface area contributed by atoms with Crippen LogP contribution in [0.4, 0.5) is 0 Å². The van der Waals surface area contributed by atoms with E-state index < -0.39 is 9.05 Å². The van der Waals surface area contributed by atoms with Crippen molar-refractivity contribution < 1.29 is 13.2 Å². The zero-order valence-electron chi connectivity index (χ0n) is 6.49. The van der Waals surface area contributed by atoms with Crippen LogP contribution in [0.25, 0.3) is 0 Å². The third-order valence-corrected chi connectivity index (χ3v) is 3.87. The third kappa shape index (κ3) is 2.68. The van der Waals surface area contributed by atoms with Crippen LogP contribution in [0.1, 0.15) is 0 Å². The fraction of sp³-hybridized carbons (Fsp3) is 0.167. The second kappa shape index (κ2) is 3.97. The maximum atomic E-state index is 10.9. The number of halogens is 2. The van der Waals surface area contributed by atoms with Gasteiger partial charge in [-0.25, -0.2) is 13.4 Å². The highest BCUT2D eigenvalue weighted by Gasteiger charge is 2.15. The number of nitrogens with zero attached hydrogens (tertiary/aromatic N) is 1. The molecule has 0 aliphatic carbocycles. The van der Waals surface area contributed by atoms with E-state index in [0.717, 1.165) is 0 Å². The highest BCUT2D eigenvalue weighted by molar-refractivity contribution is 14.1. The summed E-state index contributed by atoms with van der Waals surface area (Å²) in [5.41, 5.74) is 0. The van der Waals surface area contributed by atoms with Gasteiger partial charge in [0.25, 0.3) is 9.05 Å². The summed E-state index contributed by atoms with van der Waals surface area (Å²) in [5.74, 6) is 0.355. The average Bonchev–Trinajstić information content (AvgIpc) is 2.01. The lowest BCUT2D eigenvalue weighted by Crippen LogP contribution is -1.97. The number of ether oxygens (including phenoxy) is 1. The Balaban J connectivity index is 3.29. The SMILES string of the molecule is COc1cc(I)c(S(=O)(=O)Cl)cn1. The second-order valence-electron chi connectivity index (χ2n) is 2.09. The predicted octanol–water partition coefficient (Wildman–Crippen LogP) is 1.62. The van der Waals surface area contributed by atoms with E-state index in [9.17, 15) is 8.42 Å². The molecule has 1 aromatic rings. The first-order valence-corrected chi connectivity index (χ1v) is 6.48. The van der Waals surface area contributed by atoms with Crippen LogP contribution in [0.3, 0.4) is 0 Å². The van der Waals surface area contributed by atoms with Crippen LogP contribution in [0.2, 0.25) is 0 Å². The van der Waals surface area contributed by atoms with Crippen molar-refractivity contribution in [3.8, 4) is 5.88 Å². The monoisotopic (exact) mass is 333 g/mol. The Morgan fingerprint density at radius 3 is 2.62 bits per heavy atom. The Kier molecular flexibility index (Phi) is 3.36. The first-order chi connectivity index (χ1) is 5.95. The van der Waals surface area contributed by atoms with Gasteiger partial charge < -0.3 is 4.74 Å². The van der Waals surface area contributed by atoms with Crippen LogP contribution in [0.15, 0.2) is 17.2 Å². The quantitative estimate of drug-likeness (QED) is 0.610. The summed E-state index contributed by atoms with van der Waals surface area (Å²) < 4.78 is 27.2. The molecular formula is C6H5ClINO3S. The van der Waals surface area contributed by atoms with Gasteiger partial charge in [0, 0.05) is 20.3 Å². The first kappa shape index (κ1) is 11.0.